The molecule has 7 atom stereocenters. The number of carbonyl (C=O) groups is 7. The van der Waals surface area contributed by atoms with Crippen LogP contribution < -0.4 is 71.2 Å². The third-order valence-electron chi connectivity index (χ3n) is 13.0. The Kier molecular flexibility index (Phi) is 27.0. The van der Waals surface area contributed by atoms with E-state index in [1.807, 2.05) is 0 Å². The van der Waals surface area contributed by atoms with Gasteiger partial charge in [0.25, 0.3) is 11.8 Å². The predicted octanol–water partition coefficient (Wildman–Crippen LogP) is -1.29. The molecule has 1 aromatic carbocycles. The fourth-order valence-electron chi connectivity index (χ4n) is 8.15. The first-order valence-corrected chi connectivity index (χ1v) is 29.1. The fourth-order valence-corrected chi connectivity index (χ4v) is 10.3. The first-order chi connectivity index (χ1) is 39.6. The van der Waals surface area contributed by atoms with Gasteiger partial charge in [0, 0.05) is 68.2 Å². The van der Waals surface area contributed by atoms with Crippen LogP contribution in [0.3, 0.4) is 0 Å². The van der Waals surface area contributed by atoms with Crippen LogP contribution in [0, 0.1) is 12.8 Å². The summed E-state index contributed by atoms with van der Waals surface area (Å²) in [6.45, 7) is 8.93. The van der Waals surface area contributed by atoms with E-state index in [1.165, 1.54) is 68.1 Å². The summed E-state index contributed by atoms with van der Waals surface area (Å²) < 4.78 is 0.351. The number of thiazole rings is 2. The maximum absolute atomic E-state index is 14.1. The number of nitrogens with zero attached hydrogens (tertiary/aromatic N) is 5. The van der Waals surface area contributed by atoms with Crippen LogP contribution >= 0.6 is 34.3 Å². The second kappa shape index (κ2) is 33.7. The van der Waals surface area contributed by atoms with Crippen LogP contribution in [0.4, 0.5) is 5.82 Å². The van der Waals surface area contributed by atoms with Gasteiger partial charge in [-0.05, 0) is 90.0 Å². The number of anilines is 1. The molecule has 5 aromatic rings. The number of unbranched alkanes of at least 4 members (excludes halogenated alkanes) is 1. The number of hydrogen-bond acceptors (Lipinski definition) is 22. The Morgan fingerprint density at radius 2 is 1.48 bits per heavy atom. The van der Waals surface area contributed by atoms with Crippen molar-refractivity contribution in [1.29, 1.82) is 0 Å². The number of rotatable bonds is 37. The predicted molar refractivity (Wildman–Crippen MR) is 314 cm³/mol. The number of carbonyl (C=O) groups excluding carboxylic acids is 7. The Balaban J connectivity index is 1.18. The number of imidazole rings is 1. The minimum atomic E-state index is -1.54. The van der Waals surface area contributed by atoms with Crippen molar-refractivity contribution in [2.75, 3.05) is 58.1 Å². The van der Waals surface area contributed by atoms with Gasteiger partial charge in [-0.1, -0.05) is 30.7 Å². The van der Waals surface area contributed by atoms with E-state index in [0.29, 0.717) is 44.4 Å². The number of aromatic hydroxyl groups is 1. The molecule has 0 radical (unpaired) electrons. The SMILES string of the molecule is Cc1c(N)nc([C@H](CC(N)=O)NC[C@H](N)C(N)=O)nc1C(=O)N[C@@H](Cc1cnc[nH]1)C(=O)N[C@H](C)[C@@H](O)[C@H](C)C(=O)N[C@@H](Cc1ccc(O)cc1)C(=O)NCCc1nc(-c2nc(C(=O)NCCCNCCCCNCCCN)cs2)c(Cl)s1. The van der Waals surface area contributed by atoms with Crippen molar-refractivity contribution in [3.8, 4) is 16.5 Å². The molecule has 0 saturated heterocycles. The summed E-state index contributed by atoms with van der Waals surface area (Å²) in [5.41, 5.74) is 29.8. The quantitative estimate of drug-likeness (QED) is 0.0206. The molecule has 0 saturated carbocycles. The number of H-pyrrole nitrogens is 1. The van der Waals surface area contributed by atoms with Crippen LogP contribution in [0.15, 0.2) is 42.2 Å². The molecular formula is C52H76ClN19O9S2. The van der Waals surface area contributed by atoms with E-state index in [2.05, 4.69) is 72.4 Å². The number of aliphatic hydroxyl groups excluding tert-OH is 1. The van der Waals surface area contributed by atoms with Crippen LogP contribution in [-0.4, -0.2) is 164 Å². The molecule has 5 rings (SSSR count). The highest BCUT2D eigenvalue weighted by Gasteiger charge is 2.34. The van der Waals surface area contributed by atoms with Crippen LogP contribution in [-0.2, 0) is 43.2 Å². The molecule has 0 spiro atoms. The van der Waals surface area contributed by atoms with Crippen LogP contribution in [0.25, 0.3) is 10.7 Å². The number of amides is 7. The first kappa shape index (κ1) is 66.5. The number of phenols is 1. The summed E-state index contributed by atoms with van der Waals surface area (Å²) in [5, 5.41) is 47.5. The van der Waals surface area contributed by atoms with Crippen LogP contribution in [0.5, 0.6) is 5.75 Å². The number of phenolic OH excluding ortho intramolecular Hbond substituents is 1. The molecular weight excluding hydrogens is 1130 g/mol. The number of primary amides is 2. The molecule has 21 N–H and O–H groups in total. The van der Waals surface area contributed by atoms with Gasteiger partial charge < -0.3 is 86.4 Å². The Bertz CT molecular complexity index is 2930. The summed E-state index contributed by atoms with van der Waals surface area (Å²) in [7, 11) is 0. The van der Waals surface area contributed by atoms with Gasteiger partial charge in [0.1, 0.15) is 55.9 Å². The number of halogens is 1. The van der Waals surface area contributed by atoms with E-state index in [0.717, 1.165) is 51.9 Å². The average Bonchev–Trinajstić information content (AvgIpc) is 4.48. The molecule has 452 valence electrons. The highest BCUT2D eigenvalue weighted by atomic mass is 35.5. The molecule has 0 aliphatic heterocycles. The summed E-state index contributed by atoms with van der Waals surface area (Å²) in [6, 6.07) is 0.218. The van der Waals surface area contributed by atoms with Gasteiger partial charge >= 0.3 is 0 Å². The zero-order valence-electron chi connectivity index (χ0n) is 46.5. The average molecular weight is 1210 g/mol. The number of hydrogen-bond donors (Lipinski definition) is 16. The van der Waals surface area contributed by atoms with Gasteiger partial charge in [-0.3, -0.25) is 33.6 Å². The number of aromatic amines is 1. The summed E-state index contributed by atoms with van der Waals surface area (Å²) in [5.74, 6) is -6.39. The monoisotopic (exact) mass is 1210 g/mol. The maximum atomic E-state index is 14.1. The number of nitrogen functional groups attached to an aromatic ring is 1. The summed E-state index contributed by atoms with van der Waals surface area (Å²) in [6.07, 6.45) is 4.84. The van der Waals surface area contributed by atoms with Crippen molar-refractivity contribution < 1.29 is 43.8 Å². The smallest absolute Gasteiger partial charge is 0.271 e. The first-order valence-electron chi connectivity index (χ1n) is 27.0. The molecule has 7 amide bonds. The van der Waals surface area contributed by atoms with E-state index < -0.39 is 77.7 Å². The van der Waals surface area contributed by atoms with E-state index >= 15 is 0 Å². The molecule has 28 nitrogen and oxygen atoms in total. The third kappa shape index (κ3) is 21.4. The van der Waals surface area contributed by atoms with Crippen molar-refractivity contribution in [2.45, 2.75) is 108 Å². The van der Waals surface area contributed by atoms with E-state index in [4.69, 9.17) is 40.3 Å². The maximum Gasteiger partial charge on any atom is 0.271 e. The lowest BCUT2D eigenvalue weighted by atomic mass is 9.96. The number of benzene rings is 1. The van der Waals surface area contributed by atoms with Gasteiger partial charge in [-0.25, -0.2) is 24.9 Å². The van der Waals surface area contributed by atoms with E-state index in [1.54, 1.807) is 17.5 Å². The molecule has 0 unspecified atom stereocenters. The number of aliphatic hydroxyl groups is 1. The zero-order valence-corrected chi connectivity index (χ0v) is 48.9. The molecule has 31 heteroatoms. The Morgan fingerprint density at radius 3 is 2.14 bits per heavy atom. The minimum absolute atomic E-state index is 0.00705. The largest absolute Gasteiger partial charge is 0.508 e. The van der Waals surface area contributed by atoms with Crippen molar-refractivity contribution >= 4 is 81.4 Å². The lowest BCUT2D eigenvalue weighted by Crippen LogP contribution is -2.56. The molecule has 4 aromatic heterocycles. The van der Waals surface area contributed by atoms with Crippen LogP contribution in [0.1, 0.15) is 101 Å². The zero-order chi connectivity index (χ0) is 60.6. The highest BCUT2D eigenvalue weighted by Crippen LogP contribution is 2.34. The number of nitrogens with one attached hydrogen (secondary N) is 9. The van der Waals surface area contributed by atoms with Crippen molar-refractivity contribution in [2.24, 2.45) is 28.9 Å². The summed E-state index contributed by atoms with van der Waals surface area (Å²) >= 11 is 9.04. The summed E-state index contributed by atoms with van der Waals surface area (Å²) in [4.78, 5) is 117. The lowest BCUT2D eigenvalue weighted by molar-refractivity contribution is -0.134. The van der Waals surface area contributed by atoms with Crippen molar-refractivity contribution in [3.63, 3.8) is 0 Å². The fraction of sp³-hybridized carbons (Fsp3) is 0.500. The van der Waals surface area contributed by atoms with Crippen LogP contribution in [0.2, 0.25) is 4.34 Å². The van der Waals surface area contributed by atoms with E-state index in [-0.39, 0.29) is 79.0 Å². The van der Waals surface area contributed by atoms with Gasteiger partial charge in [0.05, 0.1) is 41.5 Å². The lowest BCUT2D eigenvalue weighted by Gasteiger charge is -2.28. The Hall–Kier alpha value is -7.29. The van der Waals surface area contributed by atoms with Gasteiger partial charge in [0.2, 0.25) is 29.5 Å². The third-order valence-corrected chi connectivity index (χ3v) is 15.2. The Labute approximate surface area is 492 Å². The topological polar surface area (TPSA) is 467 Å². The molecule has 0 bridgehead atoms. The van der Waals surface area contributed by atoms with Crippen molar-refractivity contribution in [1.82, 2.24) is 72.4 Å². The molecule has 0 aliphatic carbocycles. The molecule has 83 heavy (non-hydrogen) atoms. The minimum Gasteiger partial charge on any atom is -0.508 e. The van der Waals surface area contributed by atoms with Gasteiger partial charge in [-0.15, -0.1) is 22.7 Å². The number of aromatic nitrogens is 6. The second-order valence-corrected chi connectivity index (χ2v) is 22.2. The van der Waals surface area contributed by atoms with E-state index in [9.17, 15) is 43.8 Å². The van der Waals surface area contributed by atoms with Gasteiger partial charge in [-0.2, -0.15) is 0 Å². The van der Waals surface area contributed by atoms with Gasteiger partial charge in [0.15, 0.2) is 0 Å². The second-order valence-electron chi connectivity index (χ2n) is 19.7. The highest BCUT2D eigenvalue weighted by molar-refractivity contribution is 7.17. The number of nitrogens with two attached hydrogens (primary N) is 5. The standard InChI is InChI=1S/C52H76ClN19O9S2/c1-27-40(71-46(72-44(27)57)34(22-38(56)74)64-24-33(55)45(58)76)51(81)68-36(21-31-23-61-26-65-31)50(80)66-29(3)42(75)28(2)47(77)67-35(20-30-8-10-32(73)11-9-30)48(78)63-19-12-39-70-41(43(53)83-39)52-69-37(25-82-52)49(79)62-18-7-17-60-15-5-4-14-59-16-6-13-54/h8-11,23,25-26,28-29,33-36,42,59-60,64,73,75H,4-7,12-22,24,54-55H2,1-3H3,(H2,56,74)(H2,58,76)(H,61,65)(H,62,79)(H,63,78)(H,66,80)(H,67,77)(H,68,81)(H2,57,71,72)/t28-,29+,33-,34-,35-,36-,42-/m0/s1. The molecule has 4 heterocycles. The van der Waals surface area contributed by atoms with Crippen molar-refractivity contribution in [3.05, 3.63) is 85.5 Å². The normalized spacial score (nSPS) is 13.9. The Morgan fingerprint density at radius 1 is 0.795 bits per heavy atom. The molecule has 0 aliphatic rings. The molecule has 0 fully saturated rings.